The van der Waals surface area contributed by atoms with E-state index in [4.69, 9.17) is 19.2 Å². The van der Waals surface area contributed by atoms with E-state index >= 15 is 0 Å². The van der Waals surface area contributed by atoms with E-state index in [0.717, 1.165) is 12.8 Å². The molecule has 1 amide bonds. The summed E-state index contributed by atoms with van der Waals surface area (Å²) >= 11 is 0. The van der Waals surface area contributed by atoms with E-state index in [1.165, 1.54) is 12.1 Å². The van der Waals surface area contributed by atoms with Crippen molar-refractivity contribution in [2.75, 3.05) is 44.8 Å². The molecule has 37 heavy (non-hydrogen) atoms. The Morgan fingerprint density at radius 1 is 1.08 bits per heavy atom. The summed E-state index contributed by atoms with van der Waals surface area (Å²) < 4.78 is 32.5. The molecule has 12 heteroatoms. The first-order valence-electron chi connectivity index (χ1n) is 12.4. The summed E-state index contributed by atoms with van der Waals surface area (Å²) in [6.07, 6.45) is 2.98. The summed E-state index contributed by atoms with van der Waals surface area (Å²) in [6, 6.07) is 8.07. The average molecular weight is 510 g/mol. The molecule has 2 aromatic heterocycles. The Morgan fingerprint density at radius 2 is 1.81 bits per heavy atom. The third kappa shape index (κ3) is 5.04. The maximum absolute atomic E-state index is 13.6. The molecule has 4 heterocycles. The molecule has 11 nitrogen and oxygen atoms in total. The van der Waals surface area contributed by atoms with E-state index in [1.54, 1.807) is 34.0 Å². The molecule has 3 fully saturated rings. The lowest BCUT2D eigenvalue weighted by Gasteiger charge is -2.39. The third-order valence-electron chi connectivity index (χ3n) is 6.62. The van der Waals surface area contributed by atoms with Crippen molar-refractivity contribution in [1.29, 1.82) is 0 Å². The second-order valence-electron chi connectivity index (χ2n) is 9.79. The number of aromatic nitrogens is 5. The number of amides is 1. The van der Waals surface area contributed by atoms with E-state index in [-0.39, 0.29) is 30.8 Å². The number of anilines is 1. The van der Waals surface area contributed by atoms with E-state index in [1.807, 2.05) is 6.92 Å². The highest BCUT2D eigenvalue weighted by atomic mass is 19.1. The molecule has 1 aliphatic carbocycles. The molecule has 0 unspecified atom stereocenters. The van der Waals surface area contributed by atoms with Crippen LogP contribution in [0.3, 0.4) is 0 Å². The summed E-state index contributed by atoms with van der Waals surface area (Å²) in [4.78, 5) is 28.5. The van der Waals surface area contributed by atoms with Crippen molar-refractivity contribution in [1.82, 2.24) is 29.6 Å². The van der Waals surface area contributed by atoms with Crippen molar-refractivity contribution in [3.8, 4) is 17.2 Å². The number of rotatable bonds is 6. The Labute approximate surface area is 213 Å². The van der Waals surface area contributed by atoms with Crippen LogP contribution in [0.4, 0.5) is 10.3 Å². The average Bonchev–Trinajstić information content (AvgIpc) is 3.64. The van der Waals surface area contributed by atoms with E-state index in [9.17, 15) is 9.18 Å². The summed E-state index contributed by atoms with van der Waals surface area (Å²) in [6.45, 7) is 4.34. The molecule has 0 spiro atoms. The lowest BCUT2D eigenvalue weighted by atomic mass is 9.90. The van der Waals surface area contributed by atoms with Gasteiger partial charge in [0.05, 0.1) is 37.5 Å². The minimum atomic E-state index is -0.864. The first-order chi connectivity index (χ1) is 18.0. The molecule has 2 aliphatic heterocycles. The number of halogens is 1. The van der Waals surface area contributed by atoms with Gasteiger partial charge in [-0.3, -0.25) is 4.79 Å². The fourth-order valence-electron chi connectivity index (χ4n) is 4.35. The monoisotopic (exact) mass is 509 g/mol. The molecule has 3 aromatic rings. The zero-order valence-electron chi connectivity index (χ0n) is 20.5. The van der Waals surface area contributed by atoms with Crippen molar-refractivity contribution in [2.24, 2.45) is 5.41 Å². The quantitative estimate of drug-likeness (QED) is 0.534. The Kier molecular flexibility index (Phi) is 6.31. The van der Waals surface area contributed by atoms with Crippen LogP contribution in [0.5, 0.6) is 0 Å². The smallest absolute Gasteiger partial charge is 0.233 e. The number of morpholine rings is 1. The first kappa shape index (κ1) is 23.9. The van der Waals surface area contributed by atoms with Gasteiger partial charge < -0.3 is 24.4 Å². The molecular formula is C25H28FN7O4. The Morgan fingerprint density at radius 3 is 2.51 bits per heavy atom. The van der Waals surface area contributed by atoms with Crippen LogP contribution in [-0.2, 0) is 19.0 Å². The van der Waals surface area contributed by atoms with Crippen LogP contribution >= 0.6 is 0 Å². The van der Waals surface area contributed by atoms with Crippen molar-refractivity contribution in [3.63, 3.8) is 0 Å². The normalized spacial score (nSPS) is 24.2. The molecule has 194 valence electrons. The second kappa shape index (κ2) is 9.77. The van der Waals surface area contributed by atoms with E-state index in [2.05, 4.69) is 20.4 Å². The van der Waals surface area contributed by atoms with Gasteiger partial charge in [0.1, 0.15) is 11.5 Å². The molecule has 1 aromatic carbocycles. The molecule has 2 saturated heterocycles. The molecule has 0 bridgehead atoms. The van der Waals surface area contributed by atoms with Crippen LogP contribution in [0.1, 0.15) is 31.9 Å². The van der Waals surface area contributed by atoms with Crippen LogP contribution in [0.15, 0.2) is 36.5 Å². The van der Waals surface area contributed by atoms with Gasteiger partial charge in [-0.15, -0.1) is 5.10 Å². The van der Waals surface area contributed by atoms with Gasteiger partial charge in [0.25, 0.3) is 0 Å². The summed E-state index contributed by atoms with van der Waals surface area (Å²) in [5, 5.41) is 7.92. The van der Waals surface area contributed by atoms with Gasteiger partial charge in [-0.05, 0) is 50.1 Å². The zero-order chi connectivity index (χ0) is 25.4. The first-order valence-corrected chi connectivity index (χ1v) is 12.4. The number of carbonyl (C=O) groups excluding carboxylic acids is 1. The zero-order valence-corrected chi connectivity index (χ0v) is 20.5. The Bertz CT molecular complexity index is 1270. The maximum Gasteiger partial charge on any atom is 0.233 e. The van der Waals surface area contributed by atoms with Gasteiger partial charge in [-0.2, -0.15) is 0 Å². The van der Waals surface area contributed by atoms with Gasteiger partial charge >= 0.3 is 0 Å². The van der Waals surface area contributed by atoms with Crippen LogP contribution in [0.25, 0.3) is 17.2 Å². The molecule has 1 N–H and O–H groups in total. The highest BCUT2D eigenvalue weighted by molar-refractivity contribution is 5.83. The fraction of sp³-hybridized carbons (Fsp3) is 0.480. The number of ether oxygens (including phenoxy) is 3. The van der Waals surface area contributed by atoms with Crippen LogP contribution < -0.4 is 5.32 Å². The minimum absolute atomic E-state index is 0.0172. The van der Waals surface area contributed by atoms with Gasteiger partial charge in [0.15, 0.2) is 5.82 Å². The summed E-state index contributed by atoms with van der Waals surface area (Å²) in [5.74, 6) is 0.865. The van der Waals surface area contributed by atoms with Gasteiger partial charge in [0, 0.05) is 25.3 Å². The van der Waals surface area contributed by atoms with Gasteiger partial charge in [0.2, 0.25) is 24.0 Å². The number of carbonyl (C=O) groups is 1. The highest BCUT2D eigenvalue weighted by Crippen LogP contribution is 2.34. The number of hydrogen-bond acceptors (Lipinski definition) is 9. The highest BCUT2D eigenvalue weighted by Gasteiger charge is 2.43. The lowest BCUT2D eigenvalue weighted by molar-refractivity contribution is -0.235. The molecule has 1 saturated carbocycles. The predicted octanol–water partition coefficient (Wildman–Crippen LogP) is 2.35. The van der Waals surface area contributed by atoms with Crippen molar-refractivity contribution >= 4 is 11.9 Å². The number of hydrogen-bond donors (Lipinski definition) is 1. The van der Waals surface area contributed by atoms with Gasteiger partial charge in [-0.1, -0.05) is 0 Å². The Balaban J connectivity index is 1.26. The Hall–Kier alpha value is -3.48. The SMILES string of the molecule is CC1(C(=O)N2CCOCC2)COC(c2nc(-c3ccnc(NC4CC4)n3)n(-c3ccc(F)cc3)n2)OC1. The topological polar surface area (TPSA) is 117 Å². The van der Waals surface area contributed by atoms with E-state index < -0.39 is 11.7 Å². The van der Waals surface area contributed by atoms with Crippen LogP contribution in [0.2, 0.25) is 0 Å². The maximum atomic E-state index is 13.6. The number of nitrogens with one attached hydrogen (secondary N) is 1. The second-order valence-corrected chi connectivity index (χ2v) is 9.79. The van der Waals surface area contributed by atoms with Crippen molar-refractivity contribution in [3.05, 3.63) is 48.2 Å². The largest absolute Gasteiger partial charge is 0.378 e. The van der Waals surface area contributed by atoms with E-state index in [0.29, 0.717) is 55.5 Å². The minimum Gasteiger partial charge on any atom is -0.378 e. The van der Waals surface area contributed by atoms with Gasteiger partial charge in [-0.25, -0.2) is 24.0 Å². The van der Waals surface area contributed by atoms with Crippen LogP contribution in [0, 0.1) is 11.2 Å². The molecule has 0 atom stereocenters. The number of benzene rings is 1. The fourth-order valence-corrected chi connectivity index (χ4v) is 4.35. The molecule has 0 radical (unpaired) electrons. The summed E-state index contributed by atoms with van der Waals surface area (Å²) in [5.41, 5.74) is 0.338. The molecule has 3 aliphatic rings. The lowest BCUT2D eigenvalue weighted by Crippen LogP contribution is -2.53. The van der Waals surface area contributed by atoms with Crippen molar-refractivity contribution in [2.45, 2.75) is 32.1 Å². The third-order valence-corrected chi connectivity index (χ3v) is 6.62. The molecule has 6 rings (SSSR count). The molecular weight excluding hydrogens is 481 g/mol. The predicted molar refractivity (Wildman–Crippen MR) is 129 cm³/mol. The summed E-state index contributed by atoms with van der Waals surface area (Å²) in [7, 11) is 0. The standard InChI is InChI=1S/C25H28FN7O4/c1-25(23(34)32-10-12-35-13-11-32)14-36-22(37-15-25)20-30-21(33(31-20)18-6-2-16(26)3-7-18)19-8-9-27-24(29-19)28-17-4-5-17/h2-3,6-9,17,22H,4-5,10-15H2,1H3,(H,27,28,29). The number of nitrogens with zero attached hydrogens (tertiary/aromatic N) is 6. The van der Waals surface area contributed by atoms with Crippen molar-refractivity contribution < 1.29 is 23.4 Å². The van der Waals surface area contributed by atoms with Crippen LogP contribution in [-0.4, -0.2) is 81.1 Å².